The Kier molecular flexibility index (Phi) is 7.12. The predicted octanol–water partition coefficient (Wildman–Crippen LogP) is 6.85. The van der Waals surface area contributed by atoms with Crippen LogP contribution in [-0.2, 0) is 19.6 Å². The van der Waals surface area contributed by atoms with Crippen molar-refractivity contribution in [1.29, 1.82) is 0 Å². The average molecular weight is 579 g/mol. The summed E-state index contributed by atoms with van der Waals surface area (Å²) in [7, 11) is 1.63. The van der Waals surface area contributed by atoms with E-state index in [1.807, 2.05) is 89.5 Å². The van der Waals surface area contributed by atoms with Gasteiger partial charge in [-0.3, -0.25) is 14.6 Å². The van der Waals surface area contributed by atoms with E-state index in [0.717, 1.165) is 44.4 Å². The first-order valence-corrected chi connectivity index (χ1v) is 14.5. The number of carbonyl (C=O) groups is 2. The van der Waals surface area contributed by atoms with E-state index in [0.29, 0.717) is 36.6 Å². The molecule has 0 atom stereocenters. The normalized spacial score (nSPS) is 12.2. The van der Waals surface area contributed by atoms with Gasteiger partial charge in [-0.15, -0.1) is 0 Å². The van der Waals surface area contributed by atoms with Crippen molar-refractivity contribution in [1.82, 2.24) is 14.9 Å². The van der Waals surface area contributed by atoms with Crippen LogP contribution < -0.4 is 15.0 Å². The third kappa shape index (κ3) is 4.98. The zero-order chi connectivity index (χ0) is 30.0. The van der Waals surface area contributed by atoms with Gasteiger partial charge in [-0.1, -0.05) is 66.7 Å². The molecule has 1 aliphatic heterocycles. The Balaban J connectivity index is 1.21. The summed E-state index contributed by atoms with van der Waals surface area (Å²) in [6.45, 7) is 1.17. The topological polar surface area (TPSA) is 76.5 Å². The van der Waals surface area contributed by atoms with Gasteiger partial charge in [-0.05, 0) is 69.9 Å². The Morgan fingerprint density at radius 2 is 1.68 bits per heavy atom. The molecule has 6 aromatic rings. The minimum atomic E-state index is -0.175. The number of nitrogens with one attached hydrogen (secondary N) is 1. The number of benzene rings is 4. The fourth-order valence-electron chi connectivity index (χ4n) is 5.98. The molecule has 1 N–H and O–H groups in total. The van der Waals surface area contributed by atoms with E-state index in [1.165, 1.54) is 0 Å². The molecule has 216 valence electrons. The fraction of sp³-hybridized carbons (Fsp3) is 0.108. The lowest BCUT2D eigenvalue weighted by Gasteiger charge is -2.23. The molecule has 0 fully saturated rings. The molecule has 0 bridgehead atoms. The molecule has 7 rings (SSSR count). The smallest absolute Gasteiger partial charge is 0.268 e. The maximum Gasteiger partial charge on any atom is 0.268 e. The molecule has 0 saturated carbocycles. The molecule has 3 heterocycles. The number of ether oxygens (including phenoxy) is 1. The molecule has 7 nitrogen and oxygen atoms in total. The highest BCUT2D eigenvalue weighted by atomic mass is 16.5. The van der Waals surface area contributed by atoms with Crippen molar-refractivity contribution in [3.8, 4) is 16.9 Å². The molecular weight excluding hydrogens is 548 g/mol. The largest absolute Gasteiger partial charge is 0.496 e. The summed E-state index contributed by atoms with van der Waals surface area (Å²) in [5, 5.41) is 5.26. The fourth-order valence-corrected chi connectivity index (χ4v) is 5.98. The molecule has 44 heavy (non-hydrogen) atoms. The summed E-state index contributed by atoms with van der Waals surface area (Å²) in [5.74, 6) is 0.315. The minimum absolute atomic E-state index is 0.141. The van der Waals surface area contributed by atoms with Crippen LogP contribution in [0.5, 0.6) is 5.75 Å². The minimum Gasteiger partial charge on any atom is -0.496 e. The van der Waals surface area contributed by atoms with Gasteiger partial charge in [-0.2, -0.15) is 0 Å². The van der Waals surface area contributed by atoms with Gasteiger partial charge in [0, 0.05) is 41.4 Å². The van der Waals surface area contributed by atoms with Crippen LogP contribution in [0.3, 0.4) is 0 Å². The number of fused-ring (bicyclic) bond motifs is 3. The summed E-state index contributed by atoms with van der Waals surface area (Å²) < 4.78 is 7.83. The molecule has 0 radical (unpaired) electrons. The standard InChI is InChI=1S/C37H30N4O3/c1-44-35-20-27(15-17-32(35)31-13-6-11-26-9-2-4-12-30(26)31)37(43)41-24-29-16-18-34(36(42)39-22-25-8-7-19-38-21-25)40(29)23-28-10-3-5-14-33(28)41/h2-21H,22-24H2,1H3,(H,39,42). The van der Waals surface area contributed by atoms with Crippen LogP contribution >= 0.6 is 0 Å². The number of hydrogen-bond donors (Lipinski definition) is 1. The highest BCUT2D eigenvalue weighted by Gasteiger charge is 2.28. The predicted molar refractivity (Wildman–Crippen MR) is 172 cm³/mol. The van der Waals surface area contributed by atoms with Crippen molar-refractivity contribution in [2.75, 3.05) is 12.0 Å². The maximum absolute atomic E-state index is 14.2. The summed E-state index contributed by atoms with van der Waals surface area (Å²) in [6, 6.07) is 35.5. The average Bonchev–Trinajstić information content (AvgIpc) is 3.39. The number of pyridine rings is 1. The summed E-state index contributed by atoms with van der Waals surface area (Å²) >= 11 is 0. The van der Waals surface area contributed by atoms with Crippen LogP contribution in [0.1, 0.15) is 37.7 Å². The number of para-hydroxylation sites is 1. The number of carbonyl (C=O) groups excluding carboxylic acids is 2. The molecule has 7 heteroatoms. The quantitative estimate of drug-likeness (QED) is 0.235. The molecule has 1 aliphatic rings. The molecule has 2 aromatic heterocycles. The van der Waals surface area contributed by atoms with Crippen LogP contribution in [0.2, 0.25) is 0 Å². The van der Waals surface area contributed by atoms with Gasteiger partial charge in [0.05, 0.1) is 20.2 Å². The van der Waals surface area contributed by atoms with Crippen molar-refractivity contribution in [2.24, 2.45) is 0 Å². The van der Waals surface area contributed by atoms with E-state index in [1.54, 1.807) is 24.4 Å². The Morgan fingerprint density at radius 3 is 2.55 bits per heavy atom. The van der Waals surface area contributed by atoms with Crippen molar-refractivity contribution in [3.63, 3.8) is 0 Å². The first-order valence-electron chi connectivity index (χ1n) is 14.5. The Bertz CT molecular complexity index is 2010. The Morgan fingerprint density at radius 1 is 0.841 bits per heavy atom. The highest BCUT2D eigenvalue weighted by molar-refractivity contribution is 6.08. The number of nitrogens with zero attached hydrogens (tertiary/aromatic N) is 3. The molecular formula is C37H30N4O3. The van der Waals surface area contributed by atoms with Gasteiger partial charge in [0.1, 0.15) is 11.4 Å². The third-order valence-corrected chi connectivity index (χ3v) is 8.18. The molecule has 2 amide bonds. The monoisotopic (exact) mass is 578 g/mol. The first-order chi connectivity index (χ1) is 21.6. The van der Waals surface area contributed by atoms with Crippen LogP contribution in [0.15, 0.2) is 122 Å². The first kappa shape index (κ1) is 27.2. The Hall–Kier alpha value is -5.69. The van der Waals surface area contributed by atoms with Gasteiger partial charge in [0.2, 0.25) is 0 Å². The van der Waals surface area contributed by atoms with Crippen LogP contribution in [-0.4, -0.2) is 28.5 Å². The number of methoxy groups -OCH3 is 1. The number of aromatic nitrogens is 2. The summed E-state index contributed by atoms with van der Waals surface area (Å²) in [5.41, 5.74) is 6.62. The molecule has 0 spiro atoms. The second kappa shape index (κ2) is 11.5. The maximum atomic E-state index is 14.2. The number of rotatable bonds is 6. The van der Waals surface area contributed by atoms with E-state index in [-0.39, 0.29) is 11.8 Å². The van der Waals surface area contributed by atoms with Crippen LogP contribution in [0, 0.1) is 0 Å². The van der Waals surface area contributed by atoms with Crippen molar-refractivity contribution < 1.29 is 14.3 Å². The molecule has 0 saturated heterocycles. The van der Waals surface area contributed by atoms with Gasteiger partial charge in [0.15, 0.2) is 0 Å². The summed E-state index contributed by atoms with van der Waals surface area (Å²) in [4.78, 5) is 33.4. The van der Waals surface area contributed by atoms with Crippen molar-refractivity contribution >= 4 is 28.3 Å². The van der Waals surface area contributed by atoms with Gasteiger partial charge in [0.25, 0.3) is 11.8 Å². The van der Waals surface area contributed by atoms with Crippen LogP contribution in [0.4, 0.5) is 5.69 Å². The lowest BCUT2D eigenvalue weighted by molar-refractivity contribution is 0.0941. The van der Waals surface area contributed by atoms with Gasteiger partial charge < -0.3 is 19.5 Å². The van der Waals surface area contributed by atoms with Crippen molar-refractivity contribution in [3.05, 3.63) is 150 Å². The van der Waals surface area contributed by atoms with E-state index >= 15 is 0 Å². The lowest BCUT2D eigenvalue weighted by atomic mass is 9.96. The van der Waals surface area contributed by atoms with Crippen molar-refractivity contribution in [2.45, 2.75) is 19.6 Å². The second-order valence-electron chi connectivity index (χ2n) is 10.8. The van der Waals surface area contributed by atoms with Crippen LogP contribution in [0.25, 0.3) is 21.9 Å². The third-order valence-electron chi connectivity index (χ3n) is 8.18. The van der Waals surface area contributed by atoms with E-state index < -0.39 is 0 Å². The van der Waals surface area contributed by atoms with E-state index in [2.05, 4.69) is 34.6 Å². The number of amides is 2. The number of anilines is 1. The van der Waals surface area contributed by atoms with Gasteiger partial charge in [-0.25, -0.2) is 0 Å². The summed E-state index contributed by atoms with van der Waals surface area (Å²) in [6.07, 6.45) is 3.44. The number of hydrogen-bond acceptors (Lipinski definition) is 4. The SMILES string of the molecule is COc1cc(C(=O)N2Cc3ccc(C(=O)NCc4cccnc4)n3Cc3ccccc32)ccc1-c1cccc2ccccc12. The zero-order valence-corrected chi connectivity index (χ0v) is 24.2. The molecule has 0 unspecified atom stereocenters. The molecule has 0 aliphatic carbocycles. The highest BCUT2D eigenvalue weighted by Crippen LogP contribution is 2.37. The molecule has 4 aromatic carbocycles. The lowest BCUT2D eigenvalue weighted by Crippen LogP contribution is -2.30. The Labute approximate surface area is 255 Å². The van der Waals surface area contributed by atoms with E-state index in [9.17, 15) is 9.59 Å². The van der Waals surface area contributed by atoms with E-state index in [4.69, 9.17) is 4.74 Å². The zero-order valence-electron chi connectivity index (χ0n) is 24.2. The second-order valence-corrected chi connectivity index (χ2v) is 10.8. The van der Waals surface area contributed by atoms with Gasteiger partial charge >= 0.3 is 0 Å².